The van der Waals surface area contributed by atoms with Crippen LogP contribution in [0.3, 0.4) is 0 Å². The van der Waals surface area contributed by atoms with Gasteiger partial charge in [0.05, 0.1) is 6.54 Å². The molecule has 0 saturated carbocycles. The van der Waals surface area contributed by atoms with E-state index >= 15 is 0 Å². The number of furan rings is 1. The maximum Gasteiger partial charge on any atom is 0.134 e. The van der Waals surface area contributed by atoms with Crippen molar-refractivity contribution in [3.8, 4) is 0 Å². The third-order valence-electron chi connectivity index (χ3n) is 4.28. The molecule has 0 spiro atoms. The molecule has 0 radical (unpaired) electrons. The number of fused-ring (bicyclic) bond motifs is 1. The van der Waals surface area contributed by atoms with Crippen LogP contribution in [0.2, 0.25) is 0 Å². The molecule has 3 rings (SSSR count). The SMILES string of the molecule is CC1(C)CCN(Cc2c(CN)oc3ccccc23)CCS1. The second kappa shape index (κ2) is 6.03. The van der Waals surface area contributed by atoms with Crippen LogP contribution in [-0.2, 0) is 13.1 Å². The summed E-state index contributed by atoms with van der Waals surface area (Å²) in [5.74, 6) is 2.13. The van der Waals surface area contributed by atoms with E-state index < -0.39 is 0 Å². The Bertz CT molecular complexity index is 620. The van der Waals surface area contributed by atoms with Crippen molar-refractivity contribution in [2.45, 2.75) is 38.1 Å². The van der Waals surface area contributed by atoms with Crippen molar-refractivity contribution >= 4 is 22.7 Å². The van der Waals surface area contributed by atoms with Crippen molar-refractivity contribution in [3.05, 3.63) is 35.6 Å². The minimum absolute atomic E-state index is 0.393. The highest BCUT2D eigenvalue weighted by atomic mass is 32.2. The van der Waals surface area contributed by atoms with Gasteiger partial charge in [0.2, 0.25) is 0 Å². The molecule has 21 heavy (non-hydrogen) atoms. The summed E-state index contributed by atoms with van der Waals surface area (Å²) >= 11 is 2.08. The largest absolute Gasteiger partial charge is 0.459 e. The first-order valence-corrected chi connectivity index (χ1v) is 8.63. The Labute approximate surface area is 130 Å². The van der Waals surface area contributed by atoms with Crippen LogP contribution in [0.5, 0.6) is 0 Å². The van der Waals surface area contributed by atoms with Gasteiger partial charge in [-0.25, -0.2) is 0 Å². The molecule has 0 atom stereocenters. The summed E-state index contributed by atoms with van der Waals surface area (Å²) < 4.78 is 6.30. The van der Waals surface area contributed by atoms with E-state index in [2.05, 4.69) is 42.6 Å². The Morgan fingerprint density at radius 2 is 2.10 bits per heavy atom. The quantitative estimate of drug-likeness (QED) is 0.940. The van der Waals surface area contributed by atoms with Crippen LogP contribution < -0.4 is 5.73 Å². The Balaban J connectivity index is 1.84. The van der Waals surface area contributed by atoms with Gasteiger partial charge in [0, 0.05) is 34.5 Å². The van der Waals surface area contributed by atoms with E-state index in [0.717, 1.165) is 31.0 Å². The fourth-order valence-corrected chi connectivity index (χ4v) is 4.07. The number of benzene rings is 1. The van der Waals surface area contributed by atoms with E-state index in [-0.39, 0.29) is 0 Å². The molecule has 1 aromatic carbocycles. The standard InChI is InChI=1S/C17H24N2OS/c1-17(2)7-8-19(9-10-21-17)12-14-13-5-3-4-6-15(13)20-16(14)11-18/h3-6H,7-12,18H2,1-2H3. The minimum atomic E-state index is 0.393. The molecule has 1 saturated heterocycles. The zero-order valence-electron chi connectivity index (χ0n) is 12.9. The van der Waals surface area contributed by atoms with Crippen LogP contribution in [0.4, 0.5) is 0 Å². The summed E-state index contributed by atoms with van der Waals surface area (Å²) in [7, 11) is 0. The molecule has 4 heteroatoms. The number of hydrogen-bond donors (Lipinski definition) is 1. The summed E-state index contributed by atoms with van der Waals surface area (Å²) in [6.07, 6.45) is 1.23. The van der Waals surface area contributed by atoms with Crippen LogP contribution in [0.25, 0.3) is 11.0 Å². The van der Waals surface area contributed by atoms with Crippen molar-refractivity contribution in [1.29, 1.82) is 0 Å². The molecule has 3 nitrogen and oxygen atoms in total. The van der Waals surface area contributed by atoms with Gasteiger partial charge in [-0.3, -0.25) is 4.90 Å². The van der Waals surface area contributed by atoms with E-state index in [1.807, 2.05) is 12.1 Å². The van der Waals surface area contributed by atoms with Gasteiger partial charge in [0.15, 0.2) is 0 Å². The van der Waals surface area contributed by atoms with E-state index in [4.69, 9.17) is 10.2 Å². The Kier molecular flexibility index (Phi) is 4.29. The van der Waals surface area contributed by atoms with Crippen molar-refractivity contribution in [3.63, 3.8) is 0 Å². The zero-order chi connectivity index (χ0) is 14.9. The molecule has 1 aliphatic heterocycles. The molecule has 114 valence electrons. The highest BCUT2D eigenvalue weighted by Crippen LogP contribution is 2.32. The van der Waals surface area contributed by atoms with Gasteiger partial charge < -0.3 is 10.2 Å². The maximum atomic E-state index is 5.91. The van der Waals surface area contributed by atoms with Crippen LogP contribution in [0, 0.1) is 0 Å². The Morgan fingerprint density at radius 3 is 2.90 bits per heavy atom. The van der Waals surface area contributed by atoms with Crippen molar-refractivity contribution < 1.29 is 4.42 Å². The summed E-state index contributed by atoms with van der Waals surface area (Å²) in [6.45, 7) is 8.39. The number of nitrogens with zero attached hydrogens (tertiary/aromatic N) is 1. The lowest BCUT2D eigenvalue weighted by atomic mass is 10.1. The highest BCUT2D eigenvalue weighted by Gasteiger charge is 2.25. The number of para-hydroxylation sites is 1. The number of hydrogen-bond acceptors (Lipinski definition) is 4. The van der Waals surface area contributed by atoms with Gasteiger partial charge in [0.1, 0.15) is 11.3 Å². The second-order valence-corrected chi connectivity index (χ2v) is 8.14. The van der Waals surface area contributed by atoms with Crippen LogP contribution in [-0.4, -0.2) is 28.5 Å². The first-order chi connectivity index (χ1) is 10.1. The first-order valence-electron chi connectivity index (χ1n) is 7.65. The molecule has 2 heterocycles. The number of nitrogens with two attached hydrogens (primary N) is 1. The Hall–Kier alpha value is -0.970. The van der Waals surface area contributed by atoms with E-state index in [0.29, 0.717) is 11.3 Å². The molecular weight excluding hydrogens is 280 g/mol. The summed E-state index contributed by atoms with van der Waals surface area (Å²) in [4.78, 5) is 2.54. The first kappa shape index (κ1) is 14.9. The van der Waals surface area contributed by atoms with E-state index in [9.17, 15) is 0 Å². The monoisotopic (exact) mass is 304 g/mol. The van der Waals surface area contributed by atoms with Crippen LogP contribution in [0.1, 0.15) is 31.6 Å². The van der Waals surface area contributed by atoms with Gasteiger partial charge in [0.25, 0.3) is 0 Å². The second-order valence-electron chi connectivity index (χ2n) is 6.34. The highest BCUT2D eigenvalue weighted by molar-refractivity contribution is 8.00. The van der Waals surface area contributed by atoms with E-state index in [1.54, 1.807) is 0 Å². The molecule has 0 amide bonds. The predicted molar refractivity (Wildman–Crippen MR) is 90.5 cm³/mol. The predicted octanol–water partition coefficient (Wildman–Crippen LogP) is 3.61. The third kappa shape index (κ3) is 3.28. The third-order valence-corrected chi connectivity index (χ3v) is 5.65. The molecule has 1 aliphatic rings. The minimum Gasteiger partial charge on any atom is -0.459 e. The Morgan fingerprint density at radius 1 is 1.29 bits per heavy atom. The van der Waals surface area contributed by atoms with Crippen LogP contribution in [0.15, 0.2) is 28.7 Å². The lowest BCUT2D eigenvalue weighted by molar-refractivity contribution is 0.275. The van der Waals surface area contributed by atoms with Gasteiger partial charge in [-0.2, -0.15) is 11.8 Å². The summed E-state index contributed by atoms with van der Waals surface area (Å²) in [5.41, 5.74) is 8.11. The lowest BCUT2D eigenvalue weighted by Crippen LogP contribution is -2.27. The smallest absolute Gasteiger partial charge is 0.134 e. The molecule has 1 aromatic heterocycles. The van der Waals surface area contributed by atoms with Gasteiger partial charge in [-0.1, -0.05) is 32.0 Å². The fourth-order valence-electron chi connectivity index (χ4n) is 2.93. The molecule has 2 aromatic rings. The molecule has 0 aliphatic carbocycles. The topological polar surface area (TPSA) is 42.4 Å². The van der Waals surface area contributed by atoms with Crippen molar-refractivity contribution in [1.82, 2.24) is 4.90 Å². The lowest BCUT2D eigenvalue weighted by Gasteiger charge is -2.22. The molecule has 2 N–H and O–H groups in total. The molecule has 1 fully saturated rings. The average molecular weight is 304 g/mol. The van der Waals surface area contributed by atoms with Crippen molar-refractivity contribution in [2.75, 3.05) is 18.8 Å². The molecular formula is C17H24N2OS. The van der Waals surface area contributed by atoms with Crippen molar-refractivity contribution in [2.24, 2.45) is 5.73 Å². The summed E-state index contributed by atoms with van der Waals surface area (Å²) in [6, 6.07) is 8.26. The van der Waals surface area contributed by atoms with Crippen LogP contribution >= 0.6 is 11.8 Å². The fraction of sp³-hybridized carbons (Fsp3) is 0.529. The molecule has 0 bridgehead atoms. The molecule has 0 unspecified atom stereocenters. The average Bonchev–Trinajstić information content (AvgIpc) is 2.72. The summed E-state index contributed by atoms with van der Waals surface area (Å²) in [5, 5.41) is 1.22. The zero-order valence-corrected chi connectivity index (χ0v) is 13.7. The van der Waals surface area contributed by atoms with Gasteiger partial charge in [-0.15, -0.1) is 0 Å². The normalized spacial score (nSPS) is 19.8. The van der Waals surface area contributed by atoms with Gasteiger partial charge in [-0.05, 0) is 19.0 Å². The number of thioether (sulfide) groups is 1. The van der Waals surface area contributed by atoms with Gasteiger partial charge >= 0.3 is 0 Å². The number of rotatable bonds is 3. The maximum absolute atomic E-state index is 5.91. The van der Waals surface area contributed by atoms with E-state index in [1.165, 1.54) is 23.1 Å².